The van der Waals surface area contributed by atoms with Gasteiger partial charge >= 0.3 is 8.25 Å². The van der Waals surface area contributed by atoms with E-state index in [2.05, 4.69) is 94.8 Å². The molecule has 1 unspecified atom stereocenters. The number of rotatable bonds is 4. The molecule has 4 aromatic rings. The summed E-state index contributed by atoms with van der Waals surface area (Å²) in [6.07, 6.45) is 0. The van der Waals surface area contributed by atoms with Crippen molar-refractivity contribution in [3.05, 3.63) is 90.5 Å². The third kappa shape index (κ3) is 4.89. The zero-order chi connectivity index (χ0) is 19.1. The highest BCUT2D eigenvalue weighted by molar-refractivity contribution is 7.32. The number of fused-ring (bicyclic) bond motifs is 2. The monoisotopic (exact) mass is 378 g/mol. The molecule has 0 spiro atoms. The van der Waals surface area contributed by atoms with Gasteiger partial charge in [-0.05, 0) is 22.4 Å². The lowest BCUT2D eigenvalue weighted by Gasteiger charge is -2.14. The van der Waals surface area contributed by atoms with Crippen molar-refractivity contribution in [2.24, 2.45) is 0 Å². The van der Waals surface area contributed by atoms with Gasteiger partial charge in [0.1, 0.15) is 0 Å². The lowest BCUT2D eigenvalue weighted by atomic mass is 10.0. The molecule has 0 saturated heterocycles. The summed E-state index contributed by atoms with van der Waals surface area (Å²) in [7, 11) is -1.18. The largest absolute Gasteiger partial charge is 0.694 e. The maximum Gasteiger partial charge on any atom is 0.694 e. The lowest BCUT2D eigenvalue weighted by Crippen LogP contribution is -2.00. The van der Waals surface area contributed by atoms with Crippen LogP contribution in [0.4, 0.5) is 5.69 Å². The van der Waals surface area contributed by atoms with Gasteiger partial charge in [-0.1, -0.05) is 78.9 Å². The summed E-state index contributed by atoms with van der Waals surface area (Å²) < 4.78 is 13.1. The van der Waals surface area contributed by atoms with E-state index in [0.717, 1.165) is 6.54 Å². The Bertz CT molecular complexity index is 997. The highest BCUT2D eigenvalue weighted by Gasteiger charge is 2.06. The predicted octanol–water partition coefficient (Wildman–Crippen LogP) is 5.89. The second-order valence-electron chi connectivity index (χ2n) is 5.95. The smallest absolute Gasteiger partial charge is 0.380 e. The molecule has 4 rings (SSSR count). The Kier molecular flexibility index (Phi) is 6.50. The first kappa shape index (κ1) is 19.0. The zero-order valence-corrected chi connectivity index (χ0v) is 15.9. The standard InChI is InChI=1S/C21H17N.CH3O3P/c1-2-8-16(9-3-1)15-22-21-19-12-6-4-10-17(19)14-18-11-5-7-13-20(18)21;1-4-5(2)3/h1-14,22H,15H2;1H3/p+1. The first-order valence-electron chi connectivity index (χ1n) is 8.57. The Morgan fingerprint density at radius 2 is 1.33 bits per heavy atom. The van der Waals surface area contributed by atoms with Crippen LogP contribution < -0.4 is 5.32 Å². The van der Waals surface area contributed by atoms with Crippen LogP contribution in [0, 0.1) is 0 Å². The van der Waals surface area contributed by atoms with Crippen LogP contribution in [-0.4, -0.2) is 12.0 Å². The first-order chi connectivity index (χ1) is 13.2. The van der Waals surface area contributed by atoms with Crippen molar-refractivity contribution in [1.82, 2.24) is 0 Å². The molecule has 27 heavy (non-hydrogen) atoms. The second-order valence-corrected chi connectivity index (χ2v) is 6.79. The third-order valence-corrected chi connectivity index (χ3v) is 4.55. The molecular weight excluding hydrogens is 357 g/mol. The van der Waals surface area contributed by atoms with Crippen molar-refractivity contribution in [2.45, 2.75) is 6.54 Å². The number of anilines is 1. The Morgan fingerprint density at radius 1 is 0.852 bits per heavy atom. The summed E-state index contributed by atoms with van der Waals surface area (Å²) in [6.45, 7) is 0.832. The minimum Gasteiger partial charge on any atom is -0.380 e. The summed E-state index contributed by atoms with van der Waals surface area (Å²) in [5.41, 5.74) is 2.51. The van der Waals surface area contributed by atoms with Gasteiger partial charge in [0.05, 0.1) is 12.8 Å². The van der Waals surface area contributed by atoms with E-state index in [-0.39, 0.29) is 0 Å². The molecule has 0 fully saturated rings. The molecular formula is C22H21NO3P+. The van der Waals surface area contributed by atoms with Crippen LogP contribution in [0.25, 0.3) is 21.5 Å². The van der Waals surface area contributed by atoms with Gasteiger partial charge in [0.2, 0.25) is 0 Å². The summed E-state index contributed by atoms with van der Waals surface area (Å²) in [5.74, 6) is 0. The molecule has 1 atom stereocenters. The molecule has 0 aromatic heterocycles. The molecule has 0 bridgehead atoms. The predicted molar refractivity (Wildman–Crippen MR) is 112 cm³/mol. The normalized spacial score (nSPS) is 11.0. The van der Waals surface area contributed by atoms with Gasteiger partial charge in [0, 0.05) is 21.9 Å². The van der Waals surface area contributed by atoms with E-state index < -0.39 is 8.25 Å². The Morgan fingerprint density at radius 3 is 1.85 bits per heavy atom. The lowest BCUT2D eigenvalue weighted by molar-refractivity contribution is 0.343. The first-order valence-corrected chi connectivity index (χ1v) is 9.70. The number of hydrogen-bond donors (Lipinski definition) is 2. The maximum absolute atomic E-state index is 9.29. The van der Waals surface area contributed by atoms with E-state index in [4.69, 9.17) is 4.89 Å². The molecule has 0 saturated carbocycles. The topological polar surface area (TPSA) is 58.6 Å². The molecule has 4 aromatic carbocycles. The van der Waals surface area contributed by atoms with Gasteiger partial charge in [-0.15, -0.1) is 9.42 Å². The minimum absolute atomic E-state index is 0.832. The number of benzene rings is 4. The van der Waals surface area contributed by atoms with Gasteiger partial charge in [-0.3, -0.25) is 0 Å². The van der Waals surface area contributed by atoms with Gasteiger partial charge < -0.3 is 5.32 Å². The van der Waals surface area contributed by atoms with E-state index in [1.165, 1.54) is 39.9 Å². The average molecular weight is 378 g/mol. The molecule has 136 valence electrons. The summed E-state index contributed by atoms with van der Waals surface area (Å²) in [4.78, 5) is 7.65. The molecule has 5 heteroatoms. The quantitative estimate of drug-likeness (QED) is 0.343. The van der Waals surface area contributed by atoms with Gasteiger partial charge in [0.25, 0.3) is 0 Å². The molecule has 2 N–H and O–H groups in total. The molecule has 0 aliphatic heterocycles. The summed E-state index contributed by atoms with van der Waals surface area (Å²) in [6, 6.07) is 29.9. The molecule has 4 nitrogen and oxygen atoms in total. The van der Waals surface area contributed by atoms with Crippen molar-refractivity contribution in [2.75, 3.05) is 12.4 Å². The van der Waals surface area contributed by atoms with Crippen LogP contribution in [0.15, 0.2) is 84.9 Å². The molecule has 0 amide bonds. The van der Waals surface area contributed by atoms with Gasteiger partial charge in [0.15, 0.2) is 0 Å². The van der Waals surface area contributed by atoms with Crippen LogP contribution in [0.5, 0.6) is 0 Å². The fourth-order valence-electron chi connectivity index (χ4n) is 2.99. The summed E-state index contributed by atoms with van der Waals surface area (Å²) >= 11 is 0. The second kappa shape index (κ2) is 9.24. The van der Waals surface area contributed by atoms with Crippen molar-refractivity contribution in [1.29, 1.82) is 0 Å². The van der Waals surface area contributed by atoms with Gasteiger partial charge in [-0.25, -0.2) is 0 Å². The minimum atomic E-state index is -2.35. The Balaban J connectivity index is 0.000000376. The highest BCUT2D eigenvalue weighted by atomic mass is 31.1. The number of nitrogens with one attached hydrogen (secondary N) is 1. The molecule has 0 aliphatic rings. The van der Waals surface area contributed by atoms with E-state index >= 15 is 0 Å². The van der Waals surface area contributed by atoms with E-state index in [0.29, 0.717) is 0 Å². The number of hydrogen-bond acceptors (Lipinski definition) is 3. The van der Waals surface area contributed by atoms with Crippen molar-refractivity contribution in [3.63, 3.8) is 0 Å². The van der Waals surface area contributed by atoms with Gasteiger partial charge in [-0.2, -0.15) is 0 Å². The third-order valence-electron chi connectivity index (χ3n) is 4.24. The molecule has 0 radical (unpaired) electrons. The fraction of sp³-hybridized carbons (Fsp3) is 0.0909. The van der Waals surface area contributed by atoms with E-state index in [1.54, 1.807) is 0 Å². The average Bonchev–Trinajstić information content (AvgIpc) is 2.72. The van der Waals surface area contributed by atoms with Crippen LogP contribution in [0.3, 0.4) is 0 Å². The Labute approximate surface area is 159 Å². The van der Waals surface area contributed by atoms with E-state index in [9.17, 15) is 4.57 Å². The van der Waals surface area contributed by atoms with Crippen LogP contribution in [0.2, 0.25) is 0 Å². The molecule has 0 aliphatic carbocycles. The van der Waals surface area contributed by atoms with Crippen LogP contribution in [0.1, 0.15) is 5.56 Å². The van der Waals surface area contributed by atoms with Crippen LogP contribution >= 0.6 is 8.25 Å². The zero-order valence-electron chi connectivity index (χ0n) is 15.0. The fourth-order valence-corrected chi connectivity index (χ4v) is 2.99. The highest BCUT2D eigenvalue weighted by Crippen LogP contribution is 2.33. The summed E-state index contributed by atoms with van der Waals surface area (Å²) in [5, 5.41) is 8.75. The van der Waals surface area contributed by atoms with Crippen molar-refractivity contribution in [3.8, 4) is 0 Å². The van der Waals surface area contributed by atoms with E-state index in [1.807, 2.05) is 0 Å². The van der Waals surface area contributed by atoms with Crippen molar-refractivity contribution >= 4 is 35.5 Å². The van der Waals surface area contributed by atoms with Crippen molar-refractivity contribution < 1.29 is 14.0 Å². The molecule has 0 heterocycles. The van der Waals surface area contributed by atoms with Crippen LogP contribution in [-0.2, 0) is 15.6 Å². The Hall–Kier alpha value is -2.78. The maximum atomic E-state index is 9.29. The SMILES string of the molecule is CO[P+](=O)O.c1ccc(CNc2c3ccccc3cc3ccccc23)cc1.